The zero-order valence-electron chi connectivity index (χ0n) is 6.42. The van der Waals surface area contributed by atoms with E-state index >= 15 is 0 Å². The fourth-order valence-corrected chi connectivity index (χ4v) is 2.95. The van der Waals surface area contributed by atoms with E-state index in [-0.39, 0.29) is 0 Å². The molecule has 4 heteroatoms. The van der Waals surface area contributed by atoms with Gasteiger partial charge in [0.1, 0.15) is 0 Å². The second kappa shape index (κ2) is 4.01. The third kappa shape index (κ3) is 2.41. The van der Waals surface area contributed by atoms with Gasteiger partial charge in [-0.1, -0.05) is 13.0 Å². The molecule has 1 heterocycles. The van der Waals surface area contributed by atoms with E-state index in [0.29, 0.717) is 5.20 Å². The van der Waals surface area contributed by atoms with Gasteiger partial charge in [-0.05, 0) is 17.7 Å². The summed E-state index contributed by atoms with van der Waals surface area (Å²) in [5, 5.41) is 18.0. The van der Waals surface area contributed by atoms with Crippen LogP contribution in [0, 0.1) is 0 Å². The third-order valence-electron chi connectivity index (χ3n) is 1.74. The minimum absolute atomic E-state index is 0.481. The van der Waals surface area contributed by atoms with Crippen molar-refractivity contribution in [2.45, 2.75) is 25.2 Å². The van der Waals surface area contributed by atoms with Crippen molar-refractivity contribution in [2.75, 3.05) is 6.61 Å². The Bertz CT molecular complexity index is 141. The number of rotatable bonds is 2. The summed E-state index contributed by atoms with van der Waals surface area (Å²) in [7, 11) is -1.12. The highest BCUT2D eigenvalue weighted by molar-refractivity contribution is 6.60. The van der Waals surface area contributed by atoms with Crippen LogP contribution in [0.3, 0.4) is 0 Å². The molecule has 0 aliphatic carbocycles. The smallest absolute Gasteiger partial charge is 0.247 e. The monoisotopic (exact) mass is 173 g/mol. The average molecular weight is 173 g/mol. The molecule has 0 aromatic heterocycles. The van der Waals surface area contributed by atoms with Gasteiger partial charge in [0.15, 0.2) is 6.29 Å². The first-order valence-corrected chi connectivity index (χ1v) is 5.37. The van der Waals surface area contributed by atoms with Gasteiger partial charge in [-0.15, -0.1) is 0 Å². The van der Waals surface area contributed by atoms with Gasteiger partial charge in [-0.3, -0.25) is 0 Å². The van der Waals surface area contributed by atoms with E-state index in [1.165, 1.54) is 0 Å². The number of hydrogen-bond acceptors (Lipinski definition) is 3. The summed E-state index contributed by atoms with van der Waals surface area (Å²) < 4.78 is 5.38. The SMILES string of the molecule is C=C(C(O)O)[Si]1CCCCO1. The molecule has 0 aromatic rings. The number of aliphatic hydroxyl groups excluding tert-OH is 1. The van der Waals surface area contributed by atoms with Gasteiger partial charge in [0.2, 0.25) is 9.04 Å². The molecule has 3 nitrogen and oxygen atoms in total. The van der Waals surface area contributed by atoms with Crippen LogP contribution in [-0.4, -0.2) is 32.2 Å². The van der Waals surface area contributed by atoms with Crippen molar-refractivity contribution >= 4 is 9.04 Å². The second-order valence-corrected chi connectivity index (χ2v) is 4.90. The molecule has 63 valence electrons. The van der Waals surface area contributed by atoms with Gasteiger partial charge in [-0.25, -0.2) is 0 Å². The van der Waals surface area contributed by atoms with Crippen LogP contribution in [0.5, 0.6) is 0 Å². The normalized spacial score (nSPS) is 20.6. The summed E-state index contributed by atoms with van der Waals surface area (Å²) in [5.41, 5.74) is 0. The zero-order valence-corrected chi connectivity index (χ0v) is 7.42. The van der Waals surface area contributed by atoms with Crippen molar-refractivity contribution < 1.29 is 14.6 Å². The van der Waals surface area contributed by atoms with Crippen molar-refractivity contribution in [1.29, 1.82) is 0 Å². The van der Waals surface area contributed by atoms with Crippen LogP contribution in [-0.2, 0) is 4.43 Å². The van der Waals surface area contributed by atoms with E-state index < -0.39 is 15.3 Å². The maximum Gasteiger partial charge on any atom is 0.247 e. The molecule has 0 spiro atoms. The first-order chi connectivity index (χ1) is 5.22. The highest BCUT2D eigenvalue weighted by Crippen LogP contribution is 2.17. The maximum atomic E-state index is 8.77. The molecule has 1 saturated heterocycles. The van der Waals surface area contributed by atoms with Crippen LogP contribution in [0.1, 0.15) is 12.8 Å². The maximum absolute atomic E-state index is 8.77. The largest absolute Gasteiger partial charge is 0.412 e. The average Bonchev–Trinajstić information content (AvgIpc) is 2.05. The Morgan fingerprint density at radius 1 is 1.45 bits per heavy atom. The molecule has 0 saturated carbocycles. The van der Waals surface area contributed by atoms with Crippen molar-refractivity contribution in [3.05, 3.63) is 11.8 Å². The van der Waals surface area contributed by atoms with Crippen LogP contribution in [0.15, 0.2) is 11.8 Å². The fourth-order valence-electron chi connectivity index (χ4n) is 1.05. The lowest BCUT2D eigenvalue weighted by molar-refractivity contribution is -0.00378. The lowest BCUT2D eigenvalue weighted by Crippen LogP contribution is -2.31. The molecule has 0 atom stereocenters. The first-order valence-electron chi connectivity index (χ1n) is 3.75. The van der Waals surface area contributed by atoms with Gasteiger partial charge >= 0.3 is 0 Å². The Kier molecular flexibility index (Phi) is 3.26. The minimum atomic E-state index is -1.39. The molecule has 0 aromatic carbocycles. The highest BCUT2D eigenvalue weighted by atomic mass is 28.3. The Labute approximate surface area is 68.0 Å². The molecule has 1 radical (unpaired) electrons. The van der Waals surface area contributed by atoms with Crippen molar-refractivity contribution in [3.63, 3.8) is 0 Å². The van der Waals surface area contributed by atoms with E-state index in [9.17, 15) is 0 Å². The molecular weight excluding hydrogens is 160 g/mol. The molecular formula is C7H13O3Si. The second-order valence-electron chi connectivity index (χ2n) is 2.63. The summed E-state index contributed by atoms with van der Waals surface area (Å²) in [6, 6.07) is 0.959. The lowest BCUT2D eigenvalue weighted by Gasteiger charge is -2.22. The van der Waals surface area contributed by atoms with Gasteiger partial charge in [-0.2, -0.15) is 0 Å². The van der Waals surface area contributed by atoms with E-state index in [2.05, 4.69) is 6.58 Å². The van der Waals surface area contributed by atoms with E-state index in [0.717, 1.165) is 25.5 Å². The van der Waals surface area contributed by atoms with Crippen LogP contribution in [0.25, 0.3) is 0 Å². The molecule has 1 aliphatic heterocycles. The van der Waals surface area contributed by atoms with Gasteiger partial charge < -0.3 is 14.6 Å². The molecule has 1 rings (SSSR count). The number of aliphatic hydroxyl groups is 2. The summed E-state index contributed by atoms with van der Waals surface area (Å²) in [6.45, 7) is 4.35. The predicted octanol–water partition coefficient (Wildman–Crippen LogP) is 0.194. The van der Waals surface area contributed by atoms with Crippen molar-refractivity contribution in [1.82, 2.24) is 0 Å². The van der Waals surface area contributed by atoms with E-state index in [4.69, 9.17) is 14.6 Å². The minimum Gasteiger partial charge on any atom is -0.412 e. The van der Waals surface area contributed by atoms with Crippen molar-refractivity contribution in [3.8, 4) is 0 Å². The standard InChI is InChI=1S/C7H13O3Si/c1-6(7(8)9)11-5-3-2-4-10-11/h7-9H,1-5H2. The molecule has 0 bridgehead atoms. The Balaban J connectivity index is 2.39. The molecule has 2 N–H and O–H groups in total. The highest BCUT2D eigenvalue weighted by Gasteiger charge is 2.24. The van der Waals surface area contributed by atoms with Crippen LogP contribution in [0.4, 0.5) is 0 Å². The quantitative estimate of drug-likeness (QED) is 0.463. The molecule has 11 heavy (non-hydrogen) atoms. The molecule has 1 fully saturated rings. The third-order valence-corrected chi connectivity index (χ3v) is 4.08. The summed E-state index contributed by atoms with van der Waals surface area (Å²) in [4.78, 5) is 0. The summed E-state index contributed by atoms with van der Waals surface area (Å²) >= 11 is 0. The van der Waals surface area contributed by atoms with Gasteiger partial charge in [0, 0.05) is 6.61 Å². The van der Waals surface area contributed by atoms with Crippen LogP contribution >= 0.6 is 0 Å². The van der Waals surface area contributed by atoms with Crippen molar-refractivity contribution in [2.24, 2.45) is 0 Å². The summed E-state index contributed by atoms with van der Waals surface area (Å²) in [5.74, 6) is 0. The van der Waals surface area contributed by atoms with Crippen LogP contribution in [0.2, 0.25) is 6.04 Å². The lowest BCUT2D eigenvalue weighted by atomic mass is 10.4. The Morgan fingerprint density at radius 2 is 2.18 bits per heavy atom. The van der Waals surface area contributed by atoms with E-state index in [1.807, 2.05) is 0 Å². The number of hydrogen-bond donors (Lipinski definition) is 2. The molecule has 0 amide bonds. The molecule has 0 unspecified atom stereocenters. The molecule has 1 aliphatic rings. The Hall–Kier alpha value is -0.163. The van der Waals surface area contributed by atoms with Gasteiger partial charge in [0.05, 0.1) is 0 Å². The predicted molar refractivity (Wildman–Crippen MR) is 43.1 cm³/mol. The Morgan fingerprint density at radius 3 is 2.64 bits per heavy atom. The zero-order chi connectivity index (χ0) is 8.27. The first kappa shape index (κ1) is 8.93. The van der Waals surface area contributed by atoms with Crippen LogP contribution < -0.4 is 0 Å². The summed E-state index contributed by atoms with van der Waals surface area (Å²) in [6.07, 6.45) is 0.824. The van der Waals surface area contributed by atoms with Gasteiger partial charge in [0.25, 0.3) is 0 Å². The topological polar surface area (TPSA) is 49.7 Å². The fraction of sp³-hybridized carbons (Fsp3) is 0.714. The van der Waals surface area contributed by atoms with E-state index in [1.54, 1.807) is 0 Å².